The van der Waals surface area contributed by atoms with Crippen molar-refractivity contribution in [2.24, 2.45) is 0 Å². The van der Waals surface area contributed by atoms with Gasteiger partial charge in [0, 0.05) is 0 Å². The Labute approximate surface area is 105 Å². The highest BCUT2D eigenvalue weighted by molar-refractivity contribution is 7.92. The summed E-state index contributed by atoms with van der Waals surface area (Å²) in [7, 11) is -1.86. The Bertz CT molecular complexity index is 631. The Morgan fingerprint density at radius 3 is 2.72 bits per heavy atom. The van der Waals surface area contributed by atoms with E-state index in [1.54, 1.807) is 18.2 Å². The van der Waals surface area contributed by atoms with E-state index in [0.29, 0.717) is 5.69 Å². The number of rotatable bonds is 2. The van der Waals surface area contributed by atoms with E-state index >= 15 is 0 Å². The average Bonchev–Trinajstić information content (AvgIpc) is 3.05. The largest absolute Gasteiger partial charge is 0.468 e. The van der Waals surface area contributed by atoms with Crippen LogP contribution in [0, 0.1) is 0 Å². The summed E-state index contributed by atoms with van der Waals surface area (Å²) in [6.45, 7) is 0. The zero-order chi connectivity index (χ0) is 13.0. The highest BCUT2D eigenvalue weighted by Gasteiger charge is 2.52. The molecular formula is C12H13NO4S. The first-order valence-electron chi connectivity index (χ1n) is 5.69. The highest BCUT2D eigenvalue weighted by Crippen LogP contribution is 2.50. The number of carbonyl (C=O) groups excluding carboxylic acids is 1. The number of hydrogen-bond donors (Lipinski definition) is 1. The first-order chi connectivity index (χ1) is 8.47. The molecule has 1 aliphatic carbocycles. The minimum absolute atomic E-state index is 0.0204. The minimum Gasteiger partial charge on any atom is -0.468 e. The second-order valence-corrected chi connectivity index (χ2v) is 6.53. The molecule has 1 aromatic carbocycles. The van der Waals surface area contributed by atoms with Gasteiger partial charge in [0.2, 0.25) is 10.0 Å². The fourth-order valence-corrected chi connectivity index (χ4v) is 3.70. The fourth-order valence-electron chi connectivity index (χ4n) is 2.45. The molecule has 1 aromatic rings. The molecule has 1 fully saturated rings. The van der Waals surface area contributed by atoms with E-state index in [9.17, 15) is 13.2 Å². The number of nitrogens with one attached hydrogen (secondary N) is 1. The molecule has 96 valence electrons. The first-order valence-corrected chi connectivity index (χ1v) is 7.34. The quantitative estimate of drug-likeness (QED) is 0.816. The molecule has 1 aliphatic heterocycles. The summed E-state index contributed by atoms with van der Waals surface area (Å²) < 4.78 is 30.2. The SMILES string of the molecule is COC(=O)C1(c2ccc3c(c2)CS(=O)(=O)N3)CC1. The third-order valence-corrected chi connectivity index (χ3v) is 4.82. The molecule has 2 aliphatic rings. The average molecular weight is 267 g/mol. The Kier molecular flexibility index (Phi) is 2.22. The standard InChI is InChI=1S/C12H13NO4S/c1-17-11(14)12(4-5-12)9-2-3-10-8(6-9)7-18(15,16)13-10/h2-3,6,13H,4-5,7H2,1H3. The molecule has 0 radical (unpaired) electrons. The van der Waals surface area contributed by atoms with Crippen LogP contribution in [0.5, 0.6) is 0 Å². The first kappa shape index (κ1) is 11.5. The summed E-state index contributed by atoms with van der Waals surface area (Å²) in [6.07, 6.45) is 1.53. The lowest BCUT2D eigenvalue weighted by Crippen LogP contribution is -2.21. The zero-order valence-electron chi connectivity index (χ0n) is 9.89. The van der Waals surface area contributed by atoms with Crippen LogP contribution in [0.4, 0.5) is 5.69 Å². The van der Waals surface area contributed by atoms with Crippen LogP contribution in [0.25, 0.3) is 0 Å². The van der Waals surface area contributed by atoms with Crippen molar-refractivity contribution in [3.8, 4) is 0 Å². The molecule has 1 saturated carbocycles. The van der Waals surface area contributed by atoms with Gasteiger partial charge in [-0.2, -0.15) is 0 Å². The van der Waals surface area contributed by atoms with E-state index in [1.807, 2.05) is 0 Å². The normalized spacial score (nSPS) is 21.8. The summed E-state index contributed by atoms with van der Waals surface area (Å²) in [4.78, 5) is 11.8. The van der Waals surface area contributed by atoms with Gasteiger partial charge in [0.25, 0.3) is 0 Å². The van der Waals surface area contributed by atoms with Crippen LogP contribution < -0.4 is 4.72 Å². The van der Waals surface area contributed by atoms with Crippen molar-refractivity contribution < 1.29 is 17.9 Å². The van der Waals surface area contributed by atoms with Crippen LogP contribution in [-0.2, 0) is 30.7 Å². The maximum Gasteiger partial charge on any atom is 0.316 e. The molecule has 5 nitrogen and oxygen atoms in total. The Hall–Kier alpha value is -1.56. The summed E-state index contributed by atoms with van der Waals surface area (Å²) in [5, 5.41) is 0. The summed E-state index contributed by atoms with van der Waals surface area (Å²) >= 11 is 0. The van der Waals surface area contributed by atoms with Crippen LogP contribution in [0.15, 0.2) is 18.2 Å². The number of fused-ring (bicyclic) bond motifs is 1. The molecule has 0 amide bonds. The zero-order valence-corrected chi connectivity index (χ0v) is 10.7. The third kappa shape index (κ3) is 1.59. The fraction of sp³-hybridized carbons (Fsp3) is 0.417. The van der Waals surface area contributed by atoms with E-state index in [2.05, 4.69) is 4.72 Å². The van der Waals surface area contributed by atoms with Crippen molar-refractivity contribution in [3.05, 3.63) is 29.3 Å². The van der Waals surface area contributed by atoms with Gasteiger partial charge in [0.05, 0.1) is 24.0 Å². The number of benzene rings is 1. The lowest BCUT2D eigenvalue weighted by atomic mass is 9.94. The molecular weight excluding hydrogens is 254 g/mol. The molecule has 0 aromatic heterocycles. The van der Waals surface area contributed by atoms with Crippen LogP contribution in [0.1, 0.15) is 24.0 Å². The second kappa shape index (κ2) is 3.47. The van der Waals surface area contributed by atoms with Crippen LogP contribution in [0.3, 0.4) is 0 Å². The number of carbonyl (C=O) groups is 1. The number of esters is 1. The number of anilines is 1. The summed E-state index contributed by atoms with van der Waals surface area (Å²) in [6, 6.07) is 5.33. The predicted octanol–water partition coefficient (Wildman–Crippen LogP) is 1.15. The molecule has 1 heterocycles. The van der Waals surface area contributed by atoms with Crippen LogP contribution in [-0.4, -0.2) is 21.5 Å². The highest BCUT2D eigenvalue weighted by atomic mass is 32.2. The molecule has 0 unspecified atom stereocenters. The molecule has 1 N–H and O–H groups in total. The van der Waals surface area contributed by atoms with Crippen molar-refractivity contribution in [1.82, 2.24) is 0 Å². The maximum atomic E-state index is 11.8. The summed E-state index contributed by atoms with van der Waals surface area (Å²) in [5.74, 6) is -0.260. The lowest BCUT2D eigenvalue weighted by Gasteiger charge is -2.13. The van der Waals surface area contributed by atoms with Gasteiger partial charge in [-0.15, -0.1) is 0 Å². The number of ether oxygens (including phenoxy) is 1. The van der Waals surface area contributed by atoms with E-state index in [4.69, 9.17) is 4.74 Å². The maximum absolute atomic E-state index is 11.8. The van der Waals surface area contributed by atoms with E-state index in [1.165, 1.54) is 7.11 Å². The molecule has 0 atom stereocenters. The van der Waals surface area contributed by atoms with Gasteiger partial charge in [-0.25, -0.2) is 8.42 Å². The van der Waals surface area contributed by atoms with Gasteiger partial charge in [-0.05, 0) is 30.0 Å². The molecule has 0 bridgehead atoms. The topological polar surface area (TPSA) is 72.5 Å². The Morgan fingerprint density at radius 1 is 1.39 bits per heavy atom. The van der Waals surface area contributed by atoms with E-state index in [0.717, 1.165) is 24.0 Å². The number of sulfonamides is 1. The predicted molar refractivity (Wildman–Crippen MR) is 65.6 cm³/mol. The minimum atomic E-state index is -3.24. The lowest BCUT2D eigenvalue weighted by molar-refractivity contribution is -0.143. The molecule has 18 heavy (non-hydrogen) atoms. The Balaban J connectivity index is 2.01. The van der Waals surface area contributed by atoms with Crippen molar-refractivity contribution in [1.29, 1.82) is 0 Å². The molecule has 0 spiro atoms. The molecule has 0 saturated heterocycles. The molecule has 3 rings (SSSR count). The van der Waals surface area contributed by atoms with Crippen LogP contribution in [0.2, 0.25) is 0 Å². The van der Waals surface area contributed by atoms with Crippen molar-refractivity contribution in [2.75, 3.05) is 11.8 Å². The van der Waals surface area contributed by atoms with Gasteiger partial charge in [0.1, 0.15) is 0 Å². The Morgan fingerprint density at radius 2 is 2.11 bits per heavy atom. The number of methoxy groups -OCH3 is 1. The smallest absolute Gasteiger partial charge is 0.316 e. The van der Waals surface area contributed by atoms with Crippen molar-refractivity contribution in [3.63, 3.8) is 0 Å². The van der Waals surface area contributed by atoms with Crippen LogP contribution >= 0.6 is 0 Å². The monoisotopic (exact) mass is 267 g/mol. The van der Waals surface area contributed by atoms with Crippen molar-refractivity contribution in [2.45, 2.75) is 24.0 Å². The van der Waals surface area contributed by atoms with Gasteiger partial charge in [0.15, 0.2) is 0 Å². The van der Waals surface area contributed by atoms with Gasteiger partial charge >= 0.3 is 5.97 Å². The summed E-state index contributed by atoms with van der Waals surface area (Å²) in [5.41, 5.74) is 1.64. The van der Waals surface area contributed by atoms with Gasteiger partial charge < -0.3 is 4.74 Å². The van der Waals surface area contributed by atoms with E-state index in [-0.39, 0.29) is 11.7 Å². The van der Waals surface area contributed by atoms with Gasteiger partial charge in [-0.3, -0.25) is 9.52 Å². The van der Waals surface area contributed by atoms with Crippen molar-refractivity contribution >= 4 is 21.7 Å². The second-order valence-electron chi connectivity index (χ2n) is 4.81. The van der Waals surface area contributed by atoms with Gasteiger partial charge in [-0.1, -0.05) is 12.1 Å². The molecule has 6 heteroatoms. The third-order valence-electron chi connectivity index (χ3n) is 3.59. The number of hydrogen-bond acceptors (Lipinski definition) is 4. The van der Waals surface area contributed by atoms with E-state index < -0.39 is 15.4 Å².